The van der Waals surface area contributed by atoms with E-state index in [4.69, 9.17) is 9.15 Å². The number of amides is 1. The molecule has 1 aliphatic heterocycles. The molecule has 1 aromatic heterocycles. The number of rotatable bonds is 7. The number of amidine groups is 1. The Labute approximate surface area is 211 Å². The number of ether oxygens (including phenoxy) is 1. The summed E-state index contributed by atoms with van der Waals surface area (Å²) >= 11 is 1.20. The van der Waals surface area contributed by atoms with E-state index >= 15 is 0 Å². The maximum absolute atomic E-state index is 13.0. The Morgan fingerprint density at radius 3 is 2.72 bits per heavy atom. The monoisotopic (exact) mass is 505 g/mol. The normalized spacial score (nSPS) is 15.6. The average molecular weight is 506 g/mol. The van der Waals surface area contributed by atoms with E-state index in [0.717, 1.165) is 0 Å². The lowest BCUT2D eigenvalue weighted by Gasteiger charge is -2.12. The Hall–Kier alpha value is -4.18. The fourth-order valence-electron chi connectivity index (χ4n) is 3.57. The first-order valence-electron chi connectivity index (χ1n) is 11.2. The van der Waals surface area contributed by atoms with Gasteiger partial charge in [-0.25, -0.2) is 9.79 Å². The second-order valence-electron chi connectivity index (χ2n) is 7.79. The molecule has 0 aliphatic carbocycles. The smallest absolute Gasteiger partial charge is 0.338 e. The van der Waals surface area contributed by atoms with E-state index in [0.29, 0.717) is 50.5 Å². The van der Waals surface area contributed by atoms with Gasteiger partial charge in [-0.15, -0.1) is 0 Å². The van der Waals surface area contributed by atoms with Gasteiger partial charge in [-0.1, -0.05) is 18.2 Å². The van der Waals surface area contributed by atoms with Crippen molar-refractivity contribution in [3.63, 3.8) is 0 Å². The Morgan fingerprint density at radius 1 is 1.19 bits per heavy atom. The topological polar surface area (TPSA) is 115 Å². The number of hydrogen-bond acceptors (Lipinski definition) is 8. The predicted molar refractivity (Wildman–Crippen MR) is 138 cm³/mol. The van der Waals surface area contributed by atoms with Crippen LogP contribution in [0.4, 0.5) is 11.4 Å². The summed E-state index contributed by atoms with van der Waals surface area (Å²) in [6.07, 6.45) is 1.62. The summed E-state index contributed by atoms with van der Waals surface area (Å²) < 4.78 is 10.9. The third-order valence-corrected chi connectivity index (χ3v) is 6.38. The summed E-state index contributed by atoms with van der Waals surface area (Å²) in [6.45, 7) is 5.95. The minimum atomic E-state index is -0.435. The molecule has 3 aromatic rings. The van der Waals surface area contributed by atoms with Gasteiger partial charge in [0.15, 0.2) is 5.17 Å². The van der Waals surface area contributed by atoms with Crippen molar-refractivity contribution in [3.05, 3.63) is 86.5 Å². The van der Waals surface area contributed by atoms with Crippen LogP contribution < -0.4 is 0 Å². The van der Waals surface area contributed by atoms with Crippen molar-refractivity contribution < 1.29 is 23.7 Å². The zero-order valence-electron chi connectivity index (χ0n) is 19.9. The van der Waals surface area contributed by atoms with E-state index in [9.17, 15) is 19.7 Å². The fraction of sp³-hybridized carbons (Fsp3) is 0.192. The Bertz CT molecular complexity index is 1410. The molecule has 2 heterocycles. The molecule has 1 aliphatic rings. The van der Waals surface area contributed by atoms with E-state index in [-0.39, 0.29) is 18.2 Å². The lowest BCUT2D eigenvalue weighted by atomic mass is 10.1. The van der Waals surface area contributed by atoms with Crippen LogP contribution >= 0.6 is 11.8 Å². The number of benzene rings is 2. The van der Waals surface area contributed by atoms with Gasteiger partial charge in [-0.2, -0.15) is 0 Å². The van der Waals surface area contributed by atoms with E-state index in [2.05, 4.69) is 4.99 Å². The lowest BCUT2D eigenvalue weighted by molar-refractivity contribution is -0.385. The molecule has 0 unspecified atom stereocenters. The van der Waals surface area contributed by atoms with Gasteiger partial charge in [-0.05, 0) is 62.9 Å². The van der Waals surface area contributed by atoms with Gasteiger partial charge < -0.3 is 9.15 Å². The third-order valence-electron chi connectivity index (χ3n) is 5.38. The molecule has 0 bridgehead atoms. The van der Waals surface area contributed by atoms with Gasteiger partial charge in [0.1, 0.15) is 11.5 Å². The number of thioether (sulfide) groups is 1. The number of carbonyl (C=O) groups excluding carboxylic acids is 2. The van der Waals surface area contributed by atoms with Crippen molar-refractivity contribution in [2.75, 3.05) is 13.2 Å². The SMILES string of the molecule is CCOC(=O)c1cccc(N=C2SC(=Cc3ccc(-c4ccc(C)c([N+](=O)[O-])c4)o3)C(=O)N2CC)c1. The molecule has 36 heavy (non-hydrogen) atoms. The summed E-state index contributed by atoms with van der Waals surface area (Å²) in [5.74, 6) is 0.241. The Kier molecular flexibility index (Phi) is 7.35. The van der Waals surface area contributed by atoms with E-state index in [1.54, 1.807) is 73.4 Å². The summed E-state index contributed by atoms with van der Waals surface area (Å²) in [6, 6.07) is 15.0. The molecule has 0 spiro atoms. The predicted octanol–water partition coefficient (Wildman–Crippen LogP) is 5.96. The van der Waals surface area contributed by atoms with Crippen molar-refractivity contribution >= 4 is 46.3 Å². The van der Waals surface area contributed by atoms with Crippen LogP contribution in [0.25, 0.3) is 17.4 Å². The number of nitrogens with zero attached hydrogens (tertiary/aromatic N) is 3. The van der Waals surface area contributed by atoms with E-state index in [1.807, 2.05) is 6.92 Å². The maximum atomic E-state index is 13.0. The summed E-state index contributed by atoms with van der Waals surface area (Å²) in [4.78, 5) is 42.4. The molecule has 0 atom stereocenters. The number of likely N-dealkylation sites (N-methyl/N-ethyl adjacent to an activating group) is 1. The first kappa shape index (κ1) is 24.9. The van der Waals surface area contributed by atoms with Crippen LogP contribution in [-0.4, -0.2) is 40.0 Å². The van der Waals surface area contributed by atoms with E-state index in [1.165, 1.54) is 17.8 Å². The maximum Gasteiger partial charge on any atom is 0.338 e. The molecule has 0 N–H and O–H groups in total. The molecule has 4 rings (SSSR count). The van der Waals surface area contributed by atoms with Crippen LogP contribution in [0.1, 0.15) is 35.5 Å². The lowest BCUT2D eigenvalue weighted by Crippen LogP contribution is -2.28. The number of nitro benzene ring substituents is 1. The minimum Gasteiger partial charge on any atom is -0.462 e. The molecule has 1 amide bonds. The Balaban J connectivity index is 1.60. The first-order chi connectivity index (χ1) is 17.3. The highest BCUT2D eigenvalue weighted by Crippen LogP contribution is 2.35. The number of aryl methyl sites for hydroxylation is 1. The molecule has 10 heteroatoms. The highest BCUT2D eigenvalue weighted by atomic mass is 32.2. The highest BCUT2D eigenvalue weighted by Gasteiger charge is 2.32. The largest absolute Gasteiger partial charge is 0.462 e. The first-order valence-corrected chi connectivity index (χ1v) is 12.0. The fourth-order valence-corrected chi connectivity index (χ4v) is 4.61. The second-order valence-corrected chi connectivity index (χ2v) is 8.79. The van der Waals surface area contributed by atoms with Crippen molar-refractivity contribution in [2.45, 2.75) is 20.8 Å². The second kappa shape index (κ2) is 10.6. The van der Waals surface area contributed by atoms with Crippen LogP contribution in [0.15, 0.2) is 68.9 Å². The van der Waals surface area contributed by atoms with Crippen molar-refractivity contribution in [1.82, 2.24) is 4.90 Å². The van der Waals surface area contributed by atoms with Crippen molar-refractivity contribution in [3.8, 4) is 11.3 Å². The zero-order valence-corrected chi connectivity index (χ0v) is 20.7. The number of aliphatic imine (C=N–C) groups is 1. The molecule has 0 saturated carbocycles. The summed E-state index contributed by atoms with van der Waals surface area (Å²) in [5.41, 5.74) is 2.05. The van der Waals surface area contributed by atoms with Crippen LogP contribution in [0, 0.1) is 17.0 Å². The quantitative estimate of drug-likeness (QED) is 0.168. The minimum absolute atomic E-state index is 0.0109. The van der Waals surface area contributed by atoms with Crippen LogP contribution in [-0.2, 0) is 9.53 Å². The van der Waals surface area contributed by atoms with Gasteiger partial charge >= 0.3 is 5.97 Å². The standard InChI is InChI=1S/C26H23N3O6S/c1-4-28-24(30)23(36-26(28)27-19-8-6-7-18(13-19)25(31)34-5-2)15-20-11-12-22(35-20)17-10-9-16(3)21(14-17)29(32)33/h6-15H,4-5H2,1-3H3. The molecule has 2 aromatic carbocycles. The molecular weight excluding hydrogens is 482 g/mol. The number of furan rings is 1. The molecule has 9 nitrogen and oxygen atoms in total. The van der Waals surface area contributed by atoms with E-state index < -0.39 is 10.9 Å². The number of hydrogen-bond donors (Lipinski definition) is 0. The molecule has 184 valence electrons. The van der Waals surface area contributed by atoms with Crippen LogP contribution in [0.3, 0.4) is 0 Å². The van der Waals surface area contributed by atoms with Gasteiger partial charge in [0.2, 0.25) is 0 Å². The number of esters is 1. The van der Waals surface area contributed by atoms with Gasteiger partial charge in [0.05, 0.1) is 27.7 Å². The molecule has 1 saturated heterocycles. The molecule has 0 radical (unpaired) electrons. The number of nitro groups is 1. The van der Waals surface area contributed by atoms with Gasteiger partial charge in [-0.3, -0.25) is 19.8 Å². The molecule has 1 fully saturated rings. The van der Waals surface area contributed by atoms with Crippen LogP contribution in [0.5, 0.6) is 0 Å². The summed E-state index contributed by atoms with van der Waals surface area (Å²) in [5, 5.41) is 11.7. The highest BCUT2D eigenvalue weighted by molar-refractivity contribution is 8.18. The Morgan fingerprint density at radius 2 is 2.00 bits per heavy atom. The summed E-state index contributed by atoms with van der Waals surface area (Å²) in [7, 11) is 0. The van der Waals surface area contributed by atoms with Gasteiger partial charge in [0, 0.05) is 29.8 Å². The number of carbonyl (C=O) groups is 2. The molecular formula is C26H23N3O6S. The average Bonchev–Trinajstić information content (AvgIpc) is 3.44. The zero-order chi connectivity index (χ0) is 25.8. The van der Waals surface area contributed by atoms with Crippen molar-refractivity contribution in [2.24, 2.45) is 4.99 Å². The van der Waals surface area contributed by atoms with Gasteiger partial charge in [0.25, 0.3) is 11.6 Å². The third kappa shape index (κ3) is 5.23. The van der Waals surface area contributed by atoms with Crippen molar-refractivity contribution in [1.29, 1.82) is 0 Å². The van der Waals surface area contributed by atoms with Crippen LogP contribution in [0.2, 0.25) is 0 Å².